The molecular weight excluding hydrogens is 356 g/mol. The molecule has 0 N–H and O–H groups in total. The summed E-state index contributed by atoms with van der Waals surface area (Å²) in [5.74, 6) is 1.48. The molecule has 0 saturated carbocycles. The Bertz CT molecular complexity index is 870. The monoisotopic (exact) mass is 380 g/mol. The average Bonchev–Trinajstić information content (AvgIpc) is 3.29. The van der Waals surface area contributed by atoms with Gasteiger partial charge >= 0.3 is 0 Å². The number of methoxy groups -OCH3 is 1. The van der Waals surface area contributed by atoms with Gasteiger partial charge in [-0.1, -0.05) is 24.3 Å². The maximum Gasteiger partial charge on any atom is 0.260 e. The van der Waals surface area contributed by atoms with Gasteiger partial charge in [-0.05, 0) is 30.7 Å². The van der Waals surface area contributed by atoms with Crippen LogP contribution in [0.3, 0.4) is 0 Å². The van der Waals surface area contributed by atoms with Crippen LogP contribution in [0.2, 0.25) is 0 Å². The first kappa shape index (κ1) is 18.3. The lowest BCUT2D eigenvalue weighted by atomic mass is 9.86. The standard InChI is InChI=1S/C22H24N2O4/c1-27-19-9-5-6-17(12-19)24-16-22(13-20(24)25)10-11-23(15-22)21(26)14-28-18-7-3-2-4-8-18/h2-9,12H,10-11,13-16H2,1H3. The second kappa shape index (κ2) is 7.54. The fraction of sp³-hybridized carbons (Fsp3) is 0.364. The number of rotatable bonds is 5. The number of para-hydroxylation sites is 1. The van der Waals surface area contributed by atoms with Crippen molar-refractivity contribution in [2.75, 3.05) is 38.3 Å². The van der Waals surface area contributed by atoms with Crippen LogP contribution in [-0.2, 0) is 9.59 Å². The van der Waals surface area contributed by atoms with Crippen molar-refractivity contribution in [1.82, 2.24) is 4.90 Å². The number of ether oxygens (including phenoxy) is 2. The lowest BCUT2D eigenvalue weighted by Crippen LogP contribution is -2.36. The zero-order valence-corrected chi connectivity index (χ0v) is 16.0. The second-order valence-corrected chi connectivity index (χ2v) is 7.53. The van der Waals surface area contributed by atoms with Crippen molar-refractivity contribution in [3.8, 4) is 11.5 Å². The lowest BCUT2D eigenvalue weighted by molar-refractivity contribution is -0.132. The predicted octanol–water partition coefficient (Wildman–Crippen LogP) is 2.73. The zero-order valence-electron chi connectivity index (χ0n) is 16.0. The molecule has 28 heavy (non-hydrogen) atoms. The fourth-order valence-corrected chi connectivity index (χ4v) is 4.08. The van der Waals surface area contributed by atoms with Gasteiger partial charge in [-0.2, -0.15) is 0 Å². The third-order valence-electron chi connectivity index (χ3n) is 5.58. The molecule has 1 unspecified atom stereocenters. The molecule has 1 atom stereocenters. The van der Waals surface area contributed by atoms with Crippen LogP contribution in [0.15, 0.2) is 54.6 Å². The first-order valence-corrected chi connectivity index (χ1v) is 9.49. The van der Waals surface area contributed by atoms with Crippen molar-refractivity contribution in [2.24, 2.45) is 5.41 Å². The van der Waals surface area contributed by atoms with Crippen molar-refractivity contribution in [1.29, 1.82) is 0 Å². The van der Waals surface area contributed by atoms with E-state index in [9.17, 15) is 9.59 Å². The molecule has 0 radical (unpaired) electrons. The first-order chi connectivity index (χ1) is 13.6. The highest BCUT2D eigenvalue weighted by molar-refractivity contribution is 5.96. The third kappa shape index (κ3) is 3.67. The van der Waals surface area contributed by atoms with Gasteiger partial charge in [-0.3, -0.25) is 9.59 Å². The minimum Gasteiger partial charge on any atom is -0.497 e. The van der Waals surface area contributed by atoms with Gasteiger partial charge in [0.15, 0.2) is 6.61 Å². The highest BCUT2D eigenvalue weighted by Gasteiger charge is 2.48. The van der Waals surface area contributed by atoms with Crippen LogP contribution >= 0.6 is 0 Å². The van der Waals surface area contributed by atoms with Crippen molar-refractivity contribution in [3.05, 3.63) is 54.6 Å². The van der Waals surface area contributed by atoms with Crippen molar-refractivity contribution in [2.45, 2.75) is 12.8 Å². The van der Waals surface area contributed by atoms with E-state index in [1.54, 1.807) is 7.11 Å². The zero-order chi connectivity index (χ0) is 19.6. The summed E-state index contributed by atoms with van der Waals surface area (Å²) < 4.78 is 10.9. The van der Waals surface area contributed by atoms with E-state index >= 15 is 0 Å². The van der Waals surface area contributed by atoms with Crippen molar-refractivity contribution >= 4 is 17.5 Å². The molecule has 0 aromatic heterocycles. The topological polar surface area (TPSA) is 59.1 Å². The average molecular weight is 380 g/mol. The van der Waals surface area contributed by atoms with Crippen molar-refractivity contribution in [3.63, 3.8) is 0 Å². The van der Waals surface area contributed by atoms with Gasteiger partial charge in [0.05, 0.1) is 7.11 Å². The van der Waals surface area contributed by atoms with Gasteiger partial charge in [0.25, 0.3) is 5.91 Å². The quantitative estimate of drug-likeness (QED) is 0.800. The van der Waals surface area contributed by atoms with Crippen LogP contribution in [-0.4, -0.2) is 50.1 Å². The summed E-state index contributed by atoms with van der Waals surface area (Å²) in [7, 11) is 1.62. The highest BCUT2D eigenvalue weighted by atomic mass is 16.5. The number of likely N-dealkylation sites (tertiary alicyclic amines) is 1. The SMILES string of the molecule is COc1cccc(N2CC3(CCN(C(=O)COc4ccccc4)C3)CC2=O)c1. The Morgan fingerprint density at radius 2 is 1.86 bits per heavy atom. The molecule has 2 heterocycles. The van der Waals surface area contributed by atoms with E-state index in [4.69, 9.17) is 9.47 Å². The van der Waals surface area contributed by atoms with E-state index in [1.165, 1.54) is 0 Å². The van der Waals surface area contributed by atoms with E-state index in [-0.39, 0.29) is 23.8 Å². The molecule has 0 aliphatic carbocycles. The number of hydrogen-bond acceptors (Lipinski definition) is 4. The smallest absolute Gasteiger partial charge is 0.260 e. The van der Waals surface area contributed by atoms with E-state index in [0.717, 1.165) is 17.9 Å². The molecule has 2 aromatic carbocycles. The highest BCUT2D eigenvalue weighted by Crippen LogP contribution is 2.42. The van der Waals surface area contributed by atoms with Gasteiger partial charge in [0.2, 0.25) is 5.91 Å². The number of carbonyl (C=O) groups excluding carboxylic acids is 2. The molecule has 2 fully saturated rings. The summed E-state index contributed by atoms with van der Waals surface area (Å²) >= 11 is 0. The molecule has 2 aliphatic heterocycles. The number of hydrogen-bond donors (Lipinski definition) is 0. The van der Waals surface area contributed by atoms with Gasteiger partial charge in [-0.25, -0.2) is 0 Å². The van der Waals surface area contributed by atoms with Crippen LogP contribution < -0.4 is 14.4 Å². The van der Waals surface area contributed by atoms with Gasteiger partial charge < -0.3 is 19.3 Å². The van der Waals surface area contributed by atoms with Crippen LogP contribution in [0.25, 0.3) is 0 Å². The molecule has 2 saturated heterocycles. The van der Waals surface area contributed by atoms with Crippen molar-refractivity contribution < 1.29 is 19.1 Å². The Labute approximate surface area is 164 Å². The second-order valence-electron chi connectivity index (χ2n) is 7.53. The Morgan fingerprint density at radius 1 is 1.07 bits per heavy atom. The fourth-order valence-electron chi connectivity index (χ4n) is 4.08. The van der Waals surface area contributed by atoms with E-state index in [2.05, 4.69) is 0 Å². The van der Waals surface area contributed by atoms with E-state index in [1.807, 2.05) is 64.4 Å². The summed E-state index contributed by atoms with van der Waals surface area (Å²) in [5, 5.41) is 0. The van der Waals surface area contributed by atoms with Crippen LogP contribution in [0.1, 0.15) is 12.8 Å². The summed E-state index contributed by atoms with van der Waals surface area (Å²) in [6.07, 6.45) is 1.30. The van der Waals surface area contributed by atoms with E-state index in [0.29, 0.717) is 31.8 Å². The Balaban J connectivity index is 1.39. The van der Waals surface area contributed by atoms with Gasteiger partial charge in [0, 0.05) is 43.2 Å². The predicted molar refractivity (Wildman–Crippen MR) is 106 cm³/mol. The maximum atomic E-state index is 12.7. The summed E-state index contributed by atoms with van der Waals surface area (Å²) in [5.41, 5.74) is 0.668. The minimum atomic E-state index is -0.178. The summed E-state index contributed by atoms with van der Waals surface area (Å²) in [6.45, 7) is 1.91. The van der Waals surface area contributed by atoms with Gasteiger partial charge in [-0.15, -0.1) is 0 Å². The molecule has 2 aliphatic rings. The van der Waals surface area contributed by atoms with Gasteiger partial charge in [0.1, 0.15) is 11.5 Å². The molecule has 6 heteroatoms. The van der Waals surface area contributed by atoms with Crippen LogP contribution in [0, 0.1) is 5.41 Å². The third-order valence-corrected chi connectivity index (χ3v) is 5.58. The Hall–Kier alpha value is -3.02. The molecule has 0 bridgehead atoms. The summed E-state index contributed by atoms with van der Waals surface area (Å²) in [6, 6.07) is 16.9. The Kier molecular flexibility index (Phi) is 4.94. The number of amides is 2. The van der Waals surface area contributed by atoms with E-state index < -0.39 is 0 Å². The molecule has 2 amide bonds. The molecule has 2 aromatic rings. The maximum absolute atomic E-state index is 12.7. The summed E-state index contributed by atoms with van der Waals surface area (Å²) in [4.78, 5) is 28.9. The molecule has 6 nitrogen and oxygen atoms in total. The number of nitrogens with zero attached hydrogens (tertiary/aromatic N) is 2. The lowest BCUT2D eigenvalue weighted by Gasteiger charge is -2.24. The largest absolute Gasteiger partial charge is 0.497 e. The number of anilines is 1. The Morgan fingerprint density at radius 3 is 2.64 bits per heavy atom. The number of benzene rings is 2. The molecule has 1 spiro atoms. The molecular formula is C22H24N2O4. The molecule has 4 rings (SSSR count). The number of carbonyl (C=O) groups is 2. The first-order valence-electron chi connectivity index (χ1n) is 9.49. The molecule has 146 valence electrons. The van der Waals surface area contributed by atoms with Crippen LogP contribution in [0.4, 0.5) is 5.69 Å². The minimum absolute atomic E-state index is 0.0215. The normalized spacial score (nSPS) is 21.4. The van der Waals surface area contributed by atoms with Crippen LogP contribution in [0.5, 0.6) is 11.5 Å².